The number of anilines is 1. The summed E-state index contributed by atoms with van der Waals surface area (Å²) in [5.41, 5.74) is 3.27. The van der Waals surface area contributed by atoms with E-state index < -0.39 is 10.0 Å². The molecule has 0 aliphatic carbocycles. The van der Waals surface area contributed by atoms with Crippen molar-refractivity contribution in [1.29, 1.82) is 0 Å². The first-order valence-electron chi connectivity index (χ1n) is 11.1. The van der Waals surface area contributed by atoms with Gasteiger partial charge in [0.25, 0.3) is 5.91 Å². The molecule has 0 unspecified atom stereocenters. The molecular weight excluding hydrogens is 426 g/mol. The highest BCUT2D eigenvalue weighted by Gasteiger charge is 2.27. The van der Waals surface area contributed by atoms with Crippen LogP contribution in [0, 0.1) is 5.92 Å². The number of nitrogens with one attached hydrogen (secondary N) is 1. The van der Waals surface area contributed by atoms with Crippen LogP contribution in [0.4, 0.5) is 5.69 Å². The summed E-state index contributed by atoms with van der Waals surface area (Å²) in [5.74, 6) is -0.216. The standard InChI is InChI=1S/C24H29N3O4S/c1-17(2)24(29)26-14-11-18-5-8-21(15-20(18)16-26)25-23(28)19-6-9-22(10-7-19)32(30,31)27-12-3-4-13-27/h5-10,15,17H,3-4,11-14,16H2,1-2H3,(H,25,28). The lowest BCUT2D eigenvalue weighted by molar-refractivity contribution is -0.135. The van der Waals surface area contributed by atoms with Crippen molar-refractivity contribution >= 4 is 27.5 Å². The Morgan fingerprint density at radius 1 is 0.938 bits per heavy atom. The summed E-state index contributed by atoms with van der Waals surface area (Å²) in [6.07, 6.45) is 2.56. The second kappa shape index (κ2) is 9.03. The minimum atomic E-state index is -3.50. The van der Waals surface area contributed by atoms with Crippen LogP contribution in [-0.2, 0) is 27.8 Å². The highest BCUT2D eigenvalue weighted by Crippen LogP contribution is 2.25. The van der Waals surface area contributed by atoms with Gasteiger partial charge in [-0.05, 0) is 66.8 Å². The van der Waals surface area contributed by atoms with Crippen LogP contribution in [0.1, 0.15) is 48.2 Å². The van der Waals surface area contributed by atoms with Gasteiger partial charge in [-0.15, -0.1) is 0 Å². The van der Waals surface area contributed by atoms with Crippen molar-refractivity contribution in [3.63, 3.8) is 0 Å². The second-order valence-electron chi connectivity index (χ2n) is 8.74. The SMILES string of the molecule is CC(C)C(=O)N1CCc2ccc(NC(=O)c3ccc(S(=O)(=O)N4CCCC4)cc3)cc2C1. The number of hydrogen-bond acceptors (Lipinski definition) is 4. The molecule has 0 atom stereocenters. The quantitative estimate of drug-likeness (QED) is 0.750. The van der Waals surface area contributed by atoms with Crippen LogP contribution in [0.25, 0.3) is 0 Å². The first kappa shape index (κ1) is 22.5. The van der Waals surface area contributed by atoms with Crippen LogP contribution in [0.3, 0.4) is 0 Å². The Hall–Kier alpha value is -2.71. The van der Waals surface area contributed by atoms with Gasteiger partial charge in [0.15, 0.2) is 0 Å². The van der Waals surface area contributed by atoms with Crippen molar-refractivity contribution in [2.24, 2.45) is 5.92 Å². The van der Waals surface area contributed by atoms with Gasteiger partial charge in [0, 0.05) is 43.3 Å². The topological polar surface area (TPSA) is 86.8 Å². The minimum Gasteiger partial charge on any atom is -0.338 e. The van der Waals surface area contributed by atoms with Gasteiger partial charge in [-0.25, -0.2) is 8.42 Å². The summed E-state index contributed by atoms with van der Waals surface area (Å²) < 4.78 is 26.8. The Morgan fingerprint density at radius 3 is 2.28 bits per heavy atom. The van der Waals surface area contributed by atoms with Crippen molar-refractivity contribution in [3.05, 3.63) is 59.2 Å². The Morgan fingerprint density at radius 2 is 1.62 bits per heavy atom. The predicted octanol–water partition coefficient (Wildman–Crippen LogP) is 3.26. The lowest BCUT2D eigenvalue weighted by Gasteiger charge is -2.30. The molecule has 1 N–H and O–H groups in total. The van der Waals surface area contributed by atoms with E-state index in [1.54, 1.807) is 12.1 Å². The molecule has 0 saturated carbocycles. The van der Waals surface area contributed by atoms with Crippen LogP contribution < -0.4 is 5.32 Å². The van der Waals surface area contributed by atoms with Gasteiger partial charge in [0.2, 0.25) is 15.9 Å². The fourth-order valence-corrected chi connectivity index (χ4v) is 5.76. The molecule has 32 heavy (non-hydrogen) atoms. The third-order valence-electron chi connectivity index (χ3n) is 6.10. The molecule has 2 aliphatic rings. The fraction of sp³-hybridized carbons (Fsp3) is 0.417. The number of benzene rings is 2. The smallest absolute Gasteiger partial charge is 0.255 e. The van der Waals surface area contributed by atoms with E-state index in [0.29, 0.717) is 37.4 Å². The lowest BCUT2D eigenvalue weighted by atomic mass is 9.98. The van der Waals surface area contributed by atoms with Crippen LogP contribution in [0.2, 0.25) is 0 Å². The van der Waals surface area contributed by atoms with Crippen LogP contribution in [0.15, 0.2) is 47.4 Å². The van der Waals surface area contributed by atoms with Crippen molar-refractivity contribution in [1.82, 2.24) is 9.21 Å². The van der Waals surface area contributed by atoms with Gasteiger partial charge in [-0.3, -0.25) is 9.59 Å². The molecular formula is C24H29N3O4S. The van der Waals surface area contributed by atoms with Gasteiger partial charge in [0.1, 0.15) is 0 Å². The van der Waals surface area contributed by atoms with Gasteiger partial charge in [-0.1, -0.05) is 19.9 Å². The molecule has 170 valence electrons. The molecule has 7 nitrogen and oxygen atoms in total. The molecule has 4 rings (SSSR count). The monoisotopic (exact) mass is 455 g/mol. The van der Waals surface area contributed by atoms with E-state index in [2.05, 4.69) is 5.32 Å². The highest BCUT2D eigenvalue weighted by atomic mass is 32.2. The maximum Gasteiger partial charge on any atom is 0.255 e. The molecule has 2 aromatic rings. The Kier molecular flexibility index (Phi) is 6.35. The van der Waals surface area contributed by atoms with Gasteiger partial charge < -0.3 is 10.2 Å². The lowest BCUT2D eigenvalue weighted by Crippen LogP contribution is -2.38. The maximum atomic E-state index is 12.7. The van der Waals surface area contributed by atoms with Crippen LogP contribution in [-0.4, -0.2) is 49.1 Å². The number of amides is 2. The second-order valence-corrected chi connectivity index (χ2v) is 10.7. The fourth-order valence-electron chi connectivity index (χ4n) is 4.25. The number of carbonyl (C=O) groups excluding carboxylic acids is 2. The van der Waals surface area contributed by atoms with Crippen molar-refractivity contribution in [2.45, 2.75) is 44.6 Å². The van der Waals surface area contributed by atoms with E-state index in [1.165, 1.54) is 22.0 Å². The largest absolute Gasteiger partial charge is 0.338 e. The van der Waals surface area contributed by atoms with Crippen molar-refractivity contribution in [2.75, 3.05) is 25.0 Å². The molecule has 8 heteroatoms. The van der Waals surface area contributed by atoms with Gasteiger partial charge in [-0.2, -0.15) is 4.31 Å². The average Bonchev–Trinajstić information content (AvgIpc) is 3.34. The first-order chi connectivity index (χ1) is 15.3. The molecule has 0 bridgehead atoms. The predicted molar refractivity (Wildman–Crippen MR) is 123 cm³/mol. The summed E-state index contributed by atoms with van der Waals surface area (Å²) >= 11 is 0. The number of rotatable bonds is 5. The van der Waals surface area contributed by atoms with E-state index in [-0.39, 0.29) is 22.6 Å². The first-order valence-corrected chi connectivity index (χ1v) is 12.5. The molecule has 2 aromatic carbocycles. The minimum absolute atomic E-state index is 0.0447. The zero-order valence-corrected chi connectivity index (χ0v) is 19.3. The number of fused-ring (bicyclic) bond motifs is 1. The zero-order chi connectivity index (χ0) is 22.9. The van der Waals surface area contributed by atoms with E-state index in [0.717, 1.165) is 24.8 Å². The number of nitrogens with zero attached hydrogens (tertiary/aromatic N) is 2. The van der Waals surface area contributed by atoms with Crippen LogP contribution >= 0.6 is 0 Å². The third kappa shape index (κ3) is 4.56. The molecule has 1 saturated heterocycles. The van der Waals surface area contributed by atoms with E-state index >= 15 is 0 Å². The third-order valence-corrected chi connectivity index (χ3v) is 8.01. The average molecular weight is 456 g/mol. The van der Waals surface area contributed by atoms with Crippen LogP contribution in [0.5, 0.6) is 0 Å². The number of hydrogen-bond donors (Lipinski definition) is 1. The zero-order valence-electron chi connectivity index (χ0n) is 18.5. The van der Waals surface area contributed by atoms with E-state index in [9.17, 15) is 18.0 Å². The number of carbonyl (C=O) groups is 2. The van der Waals surface area contributed by atoms with Gasteiger partial charge in [0.05, 0.1) is 4.90 Å². The molecule has 0 aromatic heterocycles. The summed E-state index contributed by atoms with van der Waals surface area (Å²) in [5, 5.41) is 2.89. The molecule has 1 fully saturated rings. The molecule has 2 aliphatic heterocycles. The summed E-state index contributed by atoms with van der Waals surface area (Å²) in [7, 11) is -3.50. The van der Waals surface area contributed by atoms with Crippen molar-refractivity contribution < 1.29 is 18.0 Å². The van der Waals surface area contributed by atoms with E-state index in [1.807, 2.05) is 36.9 Å². The normalized spacial score (nSPS) is 16.8. The van der Waals surface area contributed by atoms with E-state index in [4.69, 9.17) is 0 Å². The summed E-state index contributed by atoms with van der Waals surface area (Å²) in [4.78, 5) is 27.1. The molecule has 0 spiro atoms. The Balaban J connectivity index is 1.45. The van der Waals surface area contributed by atoms with Crippen molar-refractivity contribution in [3.8, 4) is 0 Å². The Bertz CT molecular complexity index is 1120. The molecule has 2 heterocycles. The van der Waals surface area contributed by atoms with Gasteiger partial charge >= 0.3 is 0 Å². The Labute approximate surface area is 189 Å². The summed E-state index contributed by atoms with van der Waals surface area (Å²) in [6.45, 7) is 6.14. The molecule has 2 amide bonds. The highest BCUT2D eigenvalue weighted by molar-refractivity contribution is 7.89. The molecule has 0 radical (unpaired) electrons. The number of sulfonamides is 1. The summed E-state index contributed by atoms with van der Waals surface area (Å²) in [6, 6.07) is 11.8. The maximum absolute atomic E-state index is 12.7.